The Morgan fingerprint density at radius 1 is 1.40 bits per heavy atom. The number of hydrogen-bond acceptors (Lipinski definition) is 6. The summed E-state index contributed by atoms with van der Waals surface area (Å²) in [5.74, 6) is -0.924. The topological polar surface area (TPSA) is 88.6 Å². The van der Waals surface area contributed by atoms with Crippen molar-refractivity contribution >= 4 is 29.1 Å². The quantitative estimate of drug-likeness (QED) is 0.805. The number of piperidine rings is 1. The predicted octanol–water partition coefficient (Wildman–Crippen LogP) is 2.09. The molecule has 2 amide bonds. The van der Waals surface area contributed by atoms with Crippen LogP contribution >= 0.6 is 11.3 Å². The maximum absolute atomic E-state index is 12.6. The summed E-state index contributed by atoms with van der Waals surface area (Å²) in [7, 11) is 1.31. The number of esters is 1. The normalized spacial score (nSPS) is 17.9. The molecule has 1 fully saturated rings. The van der Waals surface area contributed by atoms with Gasteiger partial charge in [0, 0.05) is 24.5 Å². The number of carbonyl (C=O) groups is 3. The van der Waals surface area contributed by atoms with Crippen LogP contribution in [0.15, 0.2) is 5.38 Å². The molecule has 1 unspecified atom stereocenters. The molecule has 1 saturated heterocycles. The van der Waals surface area contributed by atoms with Crippen LogP contribution in [0.1, 0.15) is 60.3 Å². The summed E-state index contributed by atoms with van der Waals surface area (Å²) >= 11 is 1.13. The minimum absolute atomic E-state index is 0.127. The van der Waals surface area contributed by atoms with Crippen LogP contribution in [0.25, 0.3) is 0 Å². The Morgan fingerprint density at radius 2 is 2.12 bits per heavy atom. The third kappa shape index (κ3) is 4.56. The lowest BCUT2D eigenvalue weighted by Crippen LogP contribution is -2.42. The summed E-state index contributed by atoms with van der Waals surface area (Å²) in [5, 5.41) is 4.51. The van der Waals surface area contributed by atoms with E-state index < -0.39 is 17.3 Å². The predicted molar refractivity (Wildman–Crippen MR) is 94.6 cm³/mol. The molecule has 1 aromatic rings. The molecule has 1 atom stereocenters. The molecule has 7 nitrogen and oxygen atoms in total. The Labute approximate surface area is 151 Å². The maximum Gasteiger partial charge on any atom is 0.313 e. The zero-order valence-corrected chi connectivity index (χ0v) is 15.9. The lowest BCUT2D eigenvalue weighted by atomic mass is 9.94. The second-order valence-electron chi connectivity index (χ2n) is 6.94. The third-order valence-corrected chi connectivity index (χ3v) is 5.25. The highest BCUT2D eigenvalue weighted by molar-refractivity contribution is 7.11. The van der Waals surface area contributed by atoms with Gasteiger partial charge in [-0.3, -0.25) is 14.4 Å². The summed E-state index contributed by atoms with van der Waals surface area (Å²) in [6, 6.07) is 0.195. The number of methoxy groups -OCH3 is 1. The van der Waals surface area contributed by atoms with Crippen LogP contribution in [0.2, 0.25) is 0 Å². The Balaban J connectivity index is 1.99. The number of likely N-dealkylation sites (tertiary alicyclic amines) is 1. The van der Waals surface area contributed by atoms with Crippen LogP contribution in [-0.2, 0) is 9.53 Å². The van der Waals surface area contributed by atoms with Gasteiger partial charge in [-0.2, -0.15) is 0 Å². The first-order valence-electron chi connectivity index (χ1n) is 8.39. The molecule has 0 saturated carbocycles. The lowest BCUT2D eigenvalue weighted by molar-refractivity contribution is -0.150. The van der Waals surface area contributed by atoms with E-state index in [2.05, 4.69) is 10.3 Å². The zero-order valence-electron chi connectivity index (χ0n) is 15.1. The van der Waals surface area contributed by atoms with Crippen molar-refractivity contribution in [2.75, 3.05) is 20.2 Å². The van der Waals surface area contributed by atoms with Gasteiger partial charge in [0.2, 0.25) is 0 Å². The molecule has 0 aliphatic carbocycles. The van der Waals surface area contributed by atoms with Crippen molar-refractivity contribution in [1.29, 1.82) is 0 Å². The van der Waals surface area contributed by atoms with Gasteiger partial charge in [-0.1, -0.05) is 0 Å². The minimum atomic E-state index is -0.830. The first kappa shape index (κ1) is 19.4. The molecule has 1 aliphatic rings. The largest absolute Gasteiger partial charge is 0.469 e. The first-order chi connectivity index (χ1) is 11.8. The summed E-state index contributed by atoms with van der Waals surface area (Å²) in [4.78, 5) is 42.5. The molecule has 1 aromatic heterocycles. The number of hydrogen-bond donors (Lipinski definition) is 1. The summed E-state index contributed by atoms with van der Waals surface area (Å²) < 4.78 is 4.71. The monoisotopic (exact) mass is 367 g/mol. The maximum atomic E-state index is 12.6. The number of aromatic nitrogens is 1. The molecule has 2 heterocycles. The van der Waals surface area contributed by atoms with E-state index in [4.69, 9.17) is 4.74 Å². The number of carbonyl (C=O) groups excluding carboxylic acids is 3. The molecule has 25 heavy (non-hydrogen) atoms. The Kier molecular flexibility index (Phi) is 6.16. The molecule has 0 aromatic carbocycles. The van der Waals surface area contributed by atoms with Crippen molar-refractivity contribution in [3.63, 3.8) is 0 Å². The van der Waals surface area contributed by atoms with Gasteiger partial charge in [0.15, 0.2) is 5.01 Å². The van der Waals surface area contributed by atoms with Gasteiger partial charge < -0.3 is 15.0 Å². The summed E-state index contributed by atoms with van der Waals surface area (Å²) in [6.45, 7) is 6.27. The summed E-state index contributed by atoms with van der Waals surface area (Å²) in [5.41, 5.74) is -0.528. The fourth-order valence-corrected chi connectivity index (χ4v) is 3.46. The smallest absolute Gasteiger partial charge is 0.313 e. The van der Waals surface area contributed by atoms with Crippen LogP contribution in [0.5, 0.6) is 0 Å². The van der Waals surface area contributed by atoms with Crippen LogP contribution in [0.3, 0.4) is 0 Å². The molecule has 0 spiro atoms. The average molecular weight is 367 g/mol. The van der Waals surface area contributed by atoms with Crippen molar-refractivity contribution < 1.29 is 19.1 Å². The lowest BCUT2D eigenvalue weighted by Gasteiger charge is -2.32. The minimum Gasteiger partial charge on any atom is -0.469 e. The highest BCUT2D eigenvalue weighted by Crippen LogP contribution is 2.21. The SMILES string of the molecule is COC(=O)C(C)(C)CNC(=O)c1nc(C(=O)N2CCCCC2C)cs1. The standard InChI is InChI=1S/C17H25N3O4S/c1-11-7-5-6-8-20(11)15(22)12-9-25-14(19-12)13(21)18-10-17(2,3)16(23)24-4/h9,11H,5-8,10H2,1-4H3,(H,18,21). The third-order valence-electron chi connectivity index (χ3n) is 4.41. The number of ether oxygens (including phenoxy) is 1. The van der Waals surface area contributed by atoms with E-state index in [9.17, 15) is 14.4 Å². The highest BCUT2D eigenvalue weighted by Gasteiger charge is 2.30. The van der Waals surface area contributed by atoms with Gasteiger partial charge in [0.1, 0.15) is 5.69 Å². The van der Waals surface area contributed by atoms with Gasteiger partial charge in [-0.05, 0) is 40.0 Å². The van der Waals surface area contributed by atoms with Crippen LogP contribution < -0.4 is 5.32 Å². The first-order valence-corrected chi connectivity index (χ1v) is 9.27. The Morgan fingerprint density at radius 3 is 2.76 bits per heavy atom. The zero-order chi connectivity index (χ0) is 18.6. The number of thiazole rings is 1. The van der Waals surface area contributed by atoms with Gasteiger partial charge in [0.25, 0.3) is 11.8 Å². The molecule has 8 heteroatoms. The van der Waals surface area contributed by atoms with E-state index in [-0.39, 0.29) is 23.5 Å². The molecule has 138 valence electrons. The molecule has 0 bridgehead atoms. The van der Waals surface area contributed by atoms with E-state index in [1.54, 1.807) is 19.2 Å². The van der Waals surface area contributed by atoms with E-state index >= 15 is 0 Å². The average Bonchev–Trinajstić information content (AvgIpc) is 3.09. The van der Waals surface area contributed by atoms with E-state index in [1.165, 1.54) is 7.11 Å². The summed E-state index contributed by atoms with van der Waals surface area (Å²) in [6.07, 6.45) is 3.12. The highest BCUT2D eigenvalue weighted by atomic mass is 32.1. The van der Waals surface area contributed by atoms with E-state index in [0.717, 1.165) is 37.1 Å². The molecular formula is C17H25N3O4S. The fourth-order valence-electron chi connectivity index (χ4n) is 2.75. The number of nitrogens with one attached hydrogen (secondary N) is 1. The molecule has 1 N–H and O–H groups in total. The number of nitrogens with zero attached hydrogens (tertiary/aromatic N) is 2. The second kappa shape index (κ2) is 7.95. The van der Waals surface area contributed by atoms with Gasteiger partial charge in [0.05, 0.1) is 12.5 Å². The molecule has 2 rings (SSSR count). The second-order valence-corrected chi connectivity index (χ2v) is 7.80. The van der Waals surface area contributed by atoms with Crippen LogP contribution in [-0.4, -0.2) is 53.9 Å². The van der Waals surface area contributed by atoms with Crippen molar-refractivity contribution in [3.05, 3.63) is 16.1 Å². The Hall–Kier alpha value is -1.96. The molecule has 1 aliphatic heterocycles. The van der Waals surface area contributed by atoms with Gasteiger partial charge in [-0.25, -0.2) is 4.98 Å². The van der Waals surface area contributed by atoms with E-state index in [0.29, 0.717) is 5.69 Å². The fraction of sp³-hybridized carbons (Fsp3) is 0.647. The Bertz CT molecular complexity index is 656. The van der Waals surface area contributed by atoms with Crippen molar-refractivity contribution in [2.24, 2.45) is 5.41 Å². The van der Waals surface area contributed by atoms with Gasteiger partial charge in [-0.15, -0.1) is 11.3 Å². The van der Waals surface area contributed by atoms with Crippen LogP contribution in [0, 0.1) is 5.41 Å². The number of amides is 2. The van der Waals surface area contributed by atoms with Gasteiger partial charge >= 0.3 is 5.97 Å². The molecular weight excluding hydrogens is 342 g/mol. The molecule has 0 radical (unpaired) electrons. The van der Waals surface area contributed by atoms with Crippen molar-refractivity contribution in [2.45, 2.75) is 46.1 Å². The van der Waals surface area contributed by atoms with Crippen LogP contribution in [0.4, 0.5) is 0 Å². The van der Waals surface area contributed by atoms with Crippen molar-refractivity contribution in [3.8, 4) is 0 Å². The number of rotatable bonds is 5. The van der Waals surface area contributed by atoms with E-state index in [1.807, 2.05) is 11.8 Å². The van der Waals surface area contributed by atoms with Crippen molar-refractivity contribution in [1.82, 2.24) is 15.2 Å².